The quantitative estimate of drug-likeness (QED) is 0.720. The number of halogens is 1. The molecule has 1 heterocycles. The Balaban J connectivity index is 2.84. The van der Waals surface area contributed by atoms with Gasteiger partial charge < -0.3 is 4.74 Å². The molecule has 1 aromatic rings. The molecule has 0 aliphatic rings. The minimum absolute atomic E-state index is 0.303. The zero-order chi connectivity index (χ0) is 10.6. The minimum Gasteiger partial charge on any atom is -0.466 e. The van der Waals surface area contributed by atoms with Crippen molar-refractivity contribution in [2.75, 3.05) is 6.61 Å². The highest BCUT2D eigenvalue weighted by atomic mass is 35.5. The van der Waals surface area contributed by atoms with Gasteiger partial charge in [-0.1, -0.05) is 11.6 Å². The second kappa shape index (κ2) is 4.91. The fraction of sp³-hybridized carbons (Fsp3) is 0.444. The smallest absolute Gasteiger partial charge is 0.313 e. The average Bonchev–Trinajstić information content (AvgIpc) is 2.18. The van der Waals surface area contributed by atoms with Crippen LogP contribution in [-0.4, -0.2) is 22.8 Å². The van der Waals surface area contributed by atoms with E-state index in [1.54, 1.807) is 13.8 Å². The SMILES string of the molecule is CCOC(=O)C(C)c1cnncc1Cl. The summed E-state index contributed by atoms with van der Waals surface area (Å²) in [5.74, 6) is -0.708. The van der Waals surface area contributed by atoms with Crippen LogP contribution in [0.2, 0.25) is 5.02 Å². The van der Waals surface area contributed by atoms with E-state index in [-0.39, 0.29) is 5.97 Å². The molecular weight excluding hydrogens is 204 g/mol. The number of ether oxygens (including phenoxy) is 1. The van der Waals surface area contributed by atoms with Crippen molar-refractivity contribution in [1.29, 1.82) is 0 Å². The summed E-state index contributed by atoms with van der Waals surface area (Å²) in [7, 11) is 0. The molecule has 0 N–H and O–H groups in total. The van der Waals surface area contributed by atoms with E-state index in [1.807, 2.05) is 0 Å². The largest absolute Gasteiger partial charge is 0.466 e. The predicted octanol–water partition coefficient (Wildman–Crippen LogP) is 1.80. The summed E-state index contributed by atoms with van der Waals surface area (Å²) in [6.45, 7) is 3.84. The maximum absolute atomic E-state index is 11.4. The van der Waals surface area contributed by atoms with Gasteiger partial charge in [0.05, 0.1) is 29.9 Å². The van der Waals surface area contributed by atoms with Gasteiger partial charge in [-0.05, 0) is 13.8 Å². The van der Waals surface area contributed by atoms with Crippen LogP contribution >= 0.6 is 11.6 Å². The Hall–Kier alpha value is -1.16. The van der Waals surface area contributed by atoms with Crippen molar-refractivity contribution in [3.05, 3.63) is 23.0 Å². The Morgan fingerprint density at radius 1 is 1.57 bits per heavy atom. The number of carbonyl (C=O) groups is 1. The van der Waals surface area contributed by atoms with Gasteiger partial charge in [0.1, 0.15) is 0 Å². The summed E-state index contributed by atoms with van der Waals surface area (Å²) in [5.41, 5.74) is 0.639. The second-order valence-electron chi connectivity index (χ2n) is 2.77. The number of hydrogen-bond donors (Lipinski definition) is 0. The molecule has 0 amide bonds. The van der Waals surface area contributed by atoms with Gasteiger partial charge in [-0.3, -0.25) is 4.79 Å². The highest BCUT2D eigenvalue weighted by molar-refractivity contribution is 6.31. The minimum atomic E-state index is -0.405. The molecule has 0 bridgehead atoms. The number of nitrogens with zero attached hydrogens (tertiary/aromatic N) is 2. The molecule has 1 unspecified atom stereocenters. The Bertz CT molecular complexity index is 330. The summed E-state index contributed by atoms with van der Waals surface area (Å²) >= 11 is 5.85. The van der Waals surface area contributed by atoms with Crippen LogP contribution in [0.1, 0.15) is 25.3 Å². The molecule has 0 fully saturated rings. The summed E-state index contributed by atoms with van der Waals surface area (Å²) < 4.78 is 4.87. The van der Waals surface area contributed by atoms with Crippen molar-refractivity contribution < 1.29 is 9.53 Å². The lowest BCUT2D eigenvalue weighted by Gasteiger charge is -2.10. The molecule has 14 heavy (non-hydrogen) atoms. The van der Waals surface area contributed by atoms with Crippen LogP contribution < -0.4 is 0 Å². The van der Waals surface area contributed by atoms with E-state index in [2.05, 4.69) is 10.2 Å². The van der Waals surface area contributed by atoms with Crippen molar-refractivity contribution in [1.82, 2.24) is 10.2 Å². The first kappa shape index (κ1) is 10.9. The van der Waals surface area contributed by atoms with Crippen LogP contribution in [0.25, 0.3) is 0 Å². The highest BCUT2D eigenvalue weighted by Gasteiger charge is 2.19. The van der Waals surface area contributed by atoms with E-state index in [4.69, 9.17) is 16.3 Å². The van der Waals surface area contributed by atoms with E-state index >= 15 is 0 Å². The fourth-order valence-corrected chi connectivity index (χ4v) is 1.28. The van der Waals surface area contributed by atoms with Crippen LogP contribution in [0.3, 0.4) is 0 Å². The topological polar surface area (TPSA) is 52.1 Å². The Kier molecular flexibility index (Phi) is 3.83. The standard InChI is InChI=1S/C9H11ClN2O2/c1-3-14-9(13)6(2)7-4-11-12-5-8(7)10/h4-6H,3H2,1-2H3. The fourth-order valence-electron chi connectivity index (χ4n) is 1.03. The van der Waals surface area contributed by atoms with Gasteiger partial charge in [-0.2, -0.15) is 10.2 Å². The van der Waals surface area contributed by atoms with Crippen LogP contribution in [0, 0.1) is 0 Å². The monoisotopic (exact) mass is 214 g/mol. The molecule has 1 rings (SSSR count). The molecule has 0 aliphatic heterocycles. The van der Waals surface area contributed by atoms with Crippen molar-refractivity contribution >= 4 is 17.6 Å². The van der Waals surface area contributed by atoms with Gasteiger partial charge in [0.2, 0.25) is 0 Å². The van der Waals surface area contributed by atoms with Crippen molar-refractivity contribution in [2.24, 2.45) is 0 Å². The Labute approximate surface area is 87.2 Å². The van der Waals surface area contributed by atoms with E-state index in [0.717, 1.165) is 0 Å². The first-order valence-corrected chi connectivity index (χ1v) is 4.67. The Morgan fingerprint density at radius 3 is 2.79 bits per heavy atom. The number of hydrogen-bond acceptors (Lipinski definition) is 4. The third kappa shape index (κ3) is 2.42. The third-order valence-electron chi connectivity index (χ3n) is 1.82. The lowest BCUT2D eigenvalue weighted by atomic mass is 10.0. The molecule has 0 aromatic carbocycles. The van der Waals surface area contributed by atoms with Crippen LogP contribution in [0.4, 0.5) is 0 Å². The van der Waals surface area contributed by atoms with Gasteiger partial charge in [-0.15, -0.1) is 0 Å². The zero-order valence-electron chi connectivity index (χ0n) is 8.03. The normalized spacial score (nSPS) is 12.2. The molecular formula is C9H11ClN2O2. The summed E-state index contributed by atoms with van der Waals surface area (Å²) in [4.78, 5) is 11.4. The summed E-state index contributed by atoms with van der Waals surface area (Å²) in [6, 6.07) is 0. The number of rotatable bonds is 3. The van der Waals surface area contributed by atoms with Gasteiger partial charge >= 0.3 is 5.97 Å². The first-order valence-electron chi connectivity index (χ1n) is 4.29. The maximum atomic E-state index is 11.4. The van der Waals surface area contributed by atoms with E-state index in [9.17, 15) is 4.79 Å². The van der Waals surface area contributed by atoms with Gasteiger partial charge in [0.15, 0.2) is 0 Å². The molecule has 4 nitrogen and oxygen atoms in total. The summed E-state index contributed by atoms with van der Waals surface area (Å²) in [6.07, 6.45) is 2.89. The molecule has 1 atom stereocenters. The number of esters is 1. The lowest BCUT2D eigenvalue weighted by molar-refractivity contribution is -0.144. The average molecular weight is 215 g/mol. The van der Waals surface area contributed by atoms with Crippen molar-refractivity contribution in [3.8, 4) is 0 Å². The van der Waals surface area contributed by atoms with E-state index in [1.165, 1.54) is 12.4 Å². The lowest BCUT2D eigenvalue weighted by Crippen LogP contribution is -2.13. The maximum Gasteiger partial charge on any atom is 0.313 e. The predicted molar refractivity (Wildman–Crippen MR) is 52.1 cm³/mol. The van der Waals surface area contributed by atoms with Crippen LogP contribution in [0.15, 0.2) is 12.4 Å². The molecule has 0 saturated heterocycles. The molecule has 1 aromatic heterocycles. The molecule has 0 aliphatic carbocycles. The molecule has 0 spiro atoms. The van der Waals surface area contributed by atoms with Crippen molar-refractivity contribution in [2.45, 2.75) is 19.8 Å². The second-order valence-corrected chi connectivity index (χ2v) is 3.17. The molecule has 0 radical (unpaired) electrons. The number of aromatic nitrogens is 2. The van der Waals surface area contributed by atoms with Crippen molar-refractivity contribution in [3.63, 3.8) is 0 Å². The zero-order valence-corrected chi connectivity index (χ0v) is 8.78. The number of carbonyl (C=O) groups excluding carboxylic acids is 1. The van der Waals surface area contributed by atoms with Crippen LogP contribution in [-0.2, 0) is 9.53 Å². The molecule has 76 valence electrons. The van der Waals surface area contributed by atoms with E-state index in [0.29, 0.717) is 17.2 Å². The summed E-state index contributed by atoms with van der Waals surface area (Å²) in [5, 5.41) is 7.70. The van der Waals surface area contributed by atoms with E-state index < -0.39 is 5.92 Å². The third-order valence-corrected chi connectivity index (χ3v) is 2.13. The van der Waals surface area contributed by atoms with Gasteiger partial charge in [-0.25, -0.2) is 0 Å². The van der Waals surface area contributed by atoms with Gasteiger partial charge in [0.25, 0.3) is 0 Å². The van der Waals surface area contributed by atoms with Crippen LogP contribution in [0.5, 0.6) is 0 Å². The van der Waals surface area contributed by atoms with Gasteiger partial charge in [0, 0.05) is 5.56 Å². The first-order chi connectivity index (χ1) is 6.66. The molecule has 0 saturated carbocycles. The molecule has 5 heteroatoms. The Morgan fingerprint density at radius 2 is 2.21 bits per heavy atom. The highest BCUT2D eigenvalue weighted by Crippen LogP contribution is 2.23.